The van der Waals surface area contributed by atoms with Crippen LogP contribution in [0.15, 0.2) is 42.5 Å². The van der Waals surface area contributed by atoms with Crippen LogP contribution in [0.25, 0.3) is 0 Å². The van der Waals surface area contributed by atoms with Gasteiger partial charge in [-0.1, -0.05) is 29.8 Å². The number of para-hydroxylation sites is 1. The number of carbonyl (C=O) groups excluding carboxylic acids is 1. The van der Waals surface area contributed by atoms with Gasteiger partial charge in [-0.15, -0.1) is 0 Å². The highest BCUT2D eigenvalue weighted by molar-refractivity contribution is 6.31. The average molecular weight is 272 g/mol. The summed E-state index contributed by atoms with van der Waals surface area (Å²) in [6.45, 7) is 0.915. The number of rotatable bonds is 2. The lowest BCUT2D eigenvalue weighted by atomic mass is 10.00. The van der Waals surface area contributed by atoms with E-state index in [4.69, 9.17) is 11.6 Å². The van der Waals surface area contributed by atoms with Gasteiger partial charge in [-0.25, -0.2) is 0 Å². The summed E-state index contributed by atoms with van der Waals surface area (Å²) in [5.41, 5.74) is 4.08. The van der Waals surface area contributed by atoms with E-state index in [1.165, 1.54) is 11.3 Å². The third-order valence-corrected chi connectivity index (χ3v) is 3.76. The van der Waals surface area contributed by atoms with Gasteiger partial charge in [0.2, 0.25) is 0 Å². The van der Waals surface area contributed by atoms with Crippen molar-refractivity contribution in [2.45, 2.75) is 12.8 Å². The van der Waals surface area contributed by atoms with Gasteiger partial charge in [0.1, 0.15) is 0 Å². The Morgan fingerprint density at radius 3 is 2.79 bits per heavy atom. The van der Waals surface area contributed by atoms with Crippen LogP contribution >= 0.6 is 11.6 Å². The minimum atomic E-state index is 0.656. The maximum atomic E-state index is 11.2. The smallest absolute Gasteiger partial charge is 0.152 e. The fraction of sp³-hybridized carbons (Fsp3) is 0.188. The van der Waals surface area contributed by atoms with Crippen LogP contribution in [0.2, 0.25) is 5.02 Å². The molecule has 0 atom stereocenters. The van der Waals surface area contributed by atoms with Crippen molar-refractivity contribution >= 4 is 29.3 Å². The Morgan fingerprint density at radius 2 is 1.95 bits per heavy atom. The van der Waals surface area contributed by atoms with Crippen molar-refractivity contribution in [2.24, 2.45) is 0 Å². The molecule has 1 heterocycles. The van der Waals surface area contributed by atoms with Crippen LogP contribution in [0.1, 0.15) is 22.3 Å². The number of hydrogen-bond acceptors (Lipinski definition) is 2. The van der Waals surface area contributed by atoms with E-state index in [0.717, 1.165) is 31.4 Å². The first-order valence-electron chi connectivity index (χ1n) is 6.40. The van der Waals surface area contributed by atoms with Crippen LogP contribution in [0.3, 0.4) is 0 Å². The van der Waals surface area contributed by atoms with Gasteiger partial charge < -0.3 is 4.90 Å². The number of hydrogen-bond donors (Lipinski definition) is 0. The minimum absolute atomic E-state index is 0.656. The van der Waals surface area contributed by atoms with Gasteiger partial charge in [0.15, 0.2) is 6.29 Å². The summed E-state index contributed by atoms with van der Waals surface area (Å²) in [5, 5.41) is 0.656. The van der Waals surface area contributed by atoms with Gasteiger partial charge >= 0.3 is 0 Å². The molecule has 0 saturated carbocycles. The Morgan fingerprint density at radius 1 is 1.11 bits per heavy atom. The number of nitrogens with zero attached hydrogens (tertiary/aromatic N) is 1. The lowest BCUT2D eigenvalue weighted by Gasteiger charge is -2.32. The monoisotopic (exact) mass is 271 g/mol. The quantitative estimate of drug-likeness (QED) is 0.762. The number of benzene rings is 2. The molecule has 3 rings (SSSR count). The molecular weight excluding hydrogens is 258 g/mol. The highest BCUT2D eigenvalue weighted by atomic mass is 35.5. The van der Waals surface area contributed by atoms with Crippen molar-refractivity contribution < 1.29 is 4.79 Å². The highest BCUT2D eigenvalue weighted by Gasteiger charge is 2.20. The zero-order valence-electron chi connectivity index (χ0n) is 10.5. The molecule has 0 aliphatic carbocycles. The van der Waals surface area contributed by atoms with Gasteiger partial charge in [0.25, 0.3) is 0 Å². The largest absolute Gasteiger partial charge is 0.341 e. The van der Waals surface area contributed by atoms with Crippen LogP contribution in [0.4, 0.5) is 11.4 Å². The van der Waals surface area contributed by atoms with Crippen molar-refractivity contribution in [1.29, 1.82) is 0 Å². The van der Waals surface area contributed by atoms with Crippen LogP contribution in [-0.4, -0.2) is 12.8 Å². The fourth-order valence-corrected chi connectivity index (χ4v) is 2.80. The maximum absolute atomic E-state index is 11.2. The summed E-state index contributed by atoms with van der Waals surface area (Å²) in [7, 11) is 0. The normalized spacial score (nSPS) is 14.1. The Labute approximate surface area is 117 Å². The van der Waals surface area contributed by atoms with Crippen molar-refractivity contribution in [1.82, 2.24) is 0 Å². The molecule has 0 saturated heterocycles. The van der Waals surface area contributed by atoms with Gasteiger partial charge in [0, 0.05) is 22.8 Å². The molecule has 0 radical (unpaired) electrons. The fourth-order valence-electron chi connectivity index (χ4n) is 2.63. The molecule has 0 unspecified atom stereocenters. The van der Waals surface area contributed by atoms with Gasteiger partial charge in [-0.2, -0.15) is 0 Å². The number of fused-ring (bicyclic) bond motifs is 1. The predicted octanol–water partition coefficient (Wildman–Crippen LogP) is 4.24. The molecule has 0 bridgehead atoms. The molecule has 2 nitrogen and oxygen atoms in total. The highest BCUT2D eigenvalue weighted by Crippen LogP contribution is 2.35. The standard InChI is InChI=1S/C16H14ClNO/c17-14-8-7-13(11-19)16(10-14)18-9-3-5-12-4-1-2-6-15(12)18/h1-2,4,6-8,10-11H,3,5,9H2. The van der Waals surface area contributed by atoms with E-state index in [1.807, 2.05) is 12.1 Å². The second kappa shape index (κ2) is 5.06. The Balaban J connectivity index is 2.13. The average Bonchev–Trinajstić information content (AvgIpc) is 2.46. The molecule has 0 fully saturated rings. The number of carbonyl (C=O) groups is 1. The van der Waals surface area contributed by atoms with E-state index in [9.17, 15) is 4.79 Å². The third-order valence-electron chi connectivity index (χ3n) is 3.52. The van der Waals surface area contributed by atoms with E-state index < -0.39 is 0 Å². The first kappa shape index (κ1) is 12.2. The number of aryl methyl sites for hydroxylation is 1. The van der Waals surface area contributed by atoms with Gasteiger partial charge in [-0.3, -0.25) is 4.79 Å². The summed E-state index contributed by atoms with van der Waals surface area (Å²) in [6, 6.07) is 13.7. The Kier molecular flexibility index (Phi) is 3.26. The SMILES string of the molecule is O=Cc1ccc(Cl)cc1N1CCCc2ccccc21. The minimum Gasteiger partial charge on any atom is -0.341 e. The van der Waals surface area contributed by atoms with Crippen LogP contribution in [0.5, 0.6) is 0 Å². The zero-order valence-corrected chi connectivity index (χ0v) is 11.2. The van der Waals surface area contributed by atoms with Crippen LogP contribution in [0, 0.1) is 0 Å². The lowest BCUT2D eigenvalue weighted by molar-refractivity contribution is 0.112. The van der Waals surface area contributed by atoms with Crippen LogP contribution in [-0.2, 0) is 6.42 Å². The third kappa shape index (κ3) is 2.24. The van der Waals surface area contributed by atoms with Gasteiger partial charge in [-0.05, 0) is 42.7 Å². The lowest BCUT2D eigenvalue weighted by Crippen LogP contribution is -2.25. The molecule has 2 aromatic carbocycles. The van der Waals surface area contributed by atoms with Gasteiger partial charge in [0.05, 0.1) is 5.69 Å². The first-order chi connectivity index (χ1) is 9.29. The van der Waals surface area contributed by atoms with E-state index in [2.05, 4.69) is 23.1 Å². The Hall–Kier alpha value is -1.80. The Bertz CT molecular complexity index is 624. The molecule has 0 amide bonds. The molecule has 96 valence electrons. The van der Waals surface area contributed by atoms with E-state index in [0.29, 0.717) is 10.6 Å². The molecule has 3 heteroatoms. The molecule has 1 aliphatic rings. The molecule has 19 heavy (non-hydrogen) atoms. The molecule has 1 aliphatic heterocycles. The summed E-state index contributed by atoms with van der Waals surface area (Å²) < 4.78 is 0. The molecule has 0 aromatic heterocycles. The molecule has 2 aromatic rings. The number of aldehydes is 1. The van der Waals surface area contributed by atoms with E-state index in [-0.39, 0.29) is 0 Å². The summed E-state index contributed by atoms with van der Waals surface area (Å²) in [6.07, 6.45) is 3.06. The second-order valence-electron chi connectivity index (χ2n) is 4.70. The first-order valence-corrected chi connectivity index (χ1v) is 6.77. The molecule has 0 spiro atoms. The summed E-state index contributed by atoms with van der Waals surface area (Å²) >= 11 is 6.08. The second-order valence-corrected chi connectivity index (χ2v) is 5.14. The van der Waals surface area contributed by atoms with E-state index in [1.54, 1.807) is 12.1 Å². The van der Waals surface area contributed by atoms with E-state index >= 15 is 0 Å². The van der Waals surface area contributed by atoms with Crippen LogP contribution < -0.4 is 4.90 Å². The van der Waals surface area contributed by atoms with Crippen molar-refractivity contribution in [3.63, 3.8) is 0 Å². The van der Waals surface area contributed by atoms with Crippen molar-refractivity contribution in [3.8, 4) is 0 Å². The predicted molar refractivity (Wildman–Crippen MR) is 78.6 cm³/mol. The maximum Gasteiger partial charge on any atom is 0.152 e. The zero-order chi connectivity index (χ0) is 13.2. The summed E-state index contributed by atoms with van der Waals surface area (Å²) in [4.78, 5) is 13.4. The summed E-state index contributed by atoms with van der Waals surface area (Å²) in [5.74, 6) is 0. The molecular formula is C16H14ClNO. The van der Waals surface area contributed by atoms with Crippen molar-refractivity contribution in [3.05, 3.63) is 58.6 Å². The number of anilines is 2. The van der Waals surface area contributed by atoms with Crippen molar-refractivity contribution in [2.75, 3.05) is 11.4 Å². The molecule has 0 N–H and O–H groups in total. The number of halogens is 1. The topological polar surface area (TPSA) is 20.3 Å².